The fourth-order valence-corrected chi connectivity index (χ4v) is 3.39. The molecule has 0 N–H and O–H groups in total. The molecule has 12 heteroatoms. The molecule has 0 spiro atoms. The molecule has 0 amide bonds. The SMILES string of the molecule is Cc1cc2no[n+]([O-])c2cc1C.Cc1cc2no[n+]([O-])c2cc1C.Cc1cc2no[n+]([O-])c2cc1C. The molecular weight excluding hydrogens is 468 g/mol. The quantitative estimate of drug-likeness (QED) is 0.290. The van der Waals surface area contributed by atoms with Crippen LogP contribution >= 0.6 is 0 Å². The number of aromatic nitrogens is 6. The molecule has 36 heavy (non-hydrogen) atoms. The summed E-state index contributed by atoms with van der Waals surface area (Å²) >= 11 is 0. The van der Waals surface area contributed by atoms with Crippen LogP contribution in [0.2, 0.25) is 0 Å². The Hall–Kier alpha value is -4.74. The fraction of sp³-hybridized carbons (Fsp3) is 0.250. The maximum absolute atomic E-state index is 10.9. The van der Waals surface area contributed by atoms with Crippen LogP contribution in [0.4, 0.5) is 0 Å². The van der Waals surface area contributed by atoms with Crippen molar-refractivity contribution in [1.29, 1.82) is 0 Å². The summed E-state index contributed by atoms with van der Waals surface area (Å²) in [5.41, 5.74) is 9.79. The maximum atomic E-state index is 10.9. The Morgan fingerprint density at radius 1 is 0.444 bits per heavy atom. The molecular formula is C24H24N6O6. The van der Waals surface area contributed by atoms with Crippen molar-refractivity contribution < 1.29 is 28.6 Å². The lowest BCUT2D eigenvalue weighted by Gasteiger charge is -1.94. The van der Waals surface area contributed by atoms with E-state index in [4.69, 9.17) is 0 Å². The van der Waals surface area contributed by atoms with Crippen molar-refractivity contribution in [1.82, 2.24) is 15.5 Å². The van der Waals surface area contributed by atoms with Crippen LogP contribution in [0.3, 0.4) is 0 Å². The van der Waals surface area contributed by atoms with Gasteiger partial charge in [-0.05, 0) is 126 Å². The Balaban J connectivity index is 0.000000127. The smallest absolute Gasteiger partial charge is 0.248 e. The van der Waals surface area contributed by atoms with Crippen LogP contribution in [-0.2, 0) is 0 Å². The van der Waals surface area contributed by atoms with Gasteiger partial charge in [-0.25, -0.2) is 0 Å². The van der Waals surface area contributed by atoms with E-state index in [1.807, 2.05) is 59.7 Å². The summed E-state index contributed by atoms with van der Waals surface area (Å²) in [5.74, 6) is 0. The Kier molecular flexibility index (Phi) is 6.43. The molecule has 6 aromatic rings. The van der Waals surface area contributed by atoms with Crippen molar-refractivity contribution in [3.05, 3.63) is 85.4 Å². The molecule has 0 saturated heterocycles. The molecule has 0 aliphatic carbocycles. The summed E-state index contributed by atoms with van der Waals surface area (Å²) in [6, 6.07) is 10.8. The number of rotatable bonds is 0. The Bertz CT molecular complexity index is 1500. The van der Waals surface area contributed by atoms with Gasteiger partial charge in [0.2, 0.25) is 33.1 Å². The number of hydrogen-bond acceptors (Lipinski definition) is 9. The molecule has 0 radical (unpaired) electrons. The van der Waals surface area contributed by atoms with Crippen molar-refractivity contribution >= 4 is 33.1 Å². The topological polar surface area (TPSA) is 159 Å². The van der Waals surface area contributed by atoms with Gasteiger partial charge >= 0.3 is 0 Å². The van der Waals surface area contributed by atoms with Gasteiger partial charge in [0.15, 0.2) is 0 Å². The summed E-state index contributed by atoms with van der Waals surface area (Å²) in [5, 5.41) is 43.6. The van der Waals surface area contributed by atoms with E-state index in [0.29, 0.717) is 47.8 Å². The van der Waals surface area contributed by atoms with Crippen LogP contribution in [0.5, 0.6) is 0 Å². The van der Waals surface area contributed by atoms with E-state index in [1.165, 1.54) is 0 Å². The standard InChI is InChI=1S/3C8H8N2O2/c3*1-5-3-7-8(4-6(5)2)10(11)12-9-7/h3*3-4H,1-2H3. The summed E-state index contributed by atoms with van der Waals surface area (Å²) in [4.78, 5) is 1.26. The second kappa shape index (κ2) is 9.49. The van der Waals surface area contributed by atoms with Crippen molar-refractivity contribution in [2.24, 2.45) is 0 Å². The highest BCUT2D eigenvalue weighted by Crippen LogP contribution is 2.15. The highest BCUT2D eigenvalue weighted by Gasteiger charge is 2.11. The molecule has 0 atom stereocenters. The summed E-state index contributed by atoms with van der Waals surface area (Å²) < 4.78 is 13.3. The van der Waals surface area contributed by atoms with Gasteiger partial charge in [0.1, 0.15) is 0 Å². The second-order valence-electron chi connectivity index (χ2n) is 8.57. The van der Waals surface area contributed by atoms with Crippen LogP contribution in [0, 0.1) is 57.2 Å². The Morgan fingerprint density at radius 3 is 0.917 bits per heavy atom. The molecule has 12 nitrogen and oxygen atoms in total. The molecule has 0 bridgehead atoms. The van der Waals surface area contributed by atoms with Crippen molar-refractivity contribution in [3.63, 3.8) is 0 Å². The van der Waals surface area contributed by atoms with Crippen molar-refractivity contribution in [2.75, 3.05) is 0 Å². The molecule has 6 rings (SSSR count). The second-order valence-corrected chi connectivity index (χ2v) is 8.57. The molecule has 0 aliphatic heterocycles. The predicted octanol–water partition coefficient (Wildman–Crippen LogP) is 3.23. The van der Waals surface area contributed by atoms with E-state index < -0.39 is 0 Å². The molecule has 0 fully saturated rings. The van der Waals surface area contributed by atoms with Gasteiger partial charge in [-0.1, -0.05) is 0 Å². The van der Waals surface area contributed by atoms with E-state index in [0.717, 1.165) is 33.4 Å². The minimum absolute atomic E-state index is 0.418. The fourth-order valence-electron chi connectivity index (χ4n) is 3.39. The average Bonchev–Trinajstić information content (AvgIpc) is 3.49. The molecule has 0 unspecified atom stereocenters. The third kappa shape index (κ3) is 4.73. The van der Waals surface area contributed by atoms with E-state index in [2.05, 4.69) is 29.4 Å². The lowest BCUT2D eigenvalue weighted by molar-refractivity contribution is -0.782. The third-order valence-electron chi connectivity index (χ3n) is 6.00. The van der Waals surface area contributed by atoms with E-state index in [9.17, 15) is 15.6 Å². The molecule has 0 aliphatic rings. The lowest BCUT2D eigenvalue weighted by Crippen LogP contribution is -2.22. The van der Waals surface area contributed by atoms with Crippen LogP contribution in [0.1, 0.15) is 33.4 Å². The Labute approximate surface area is 204 Å². The van der Waals surface area contributed by atoms with Crippen LogP contribution in [0.15, 0.2) is 50.3 Å². The normalized spacial score (nSPS) is 10.8. The van der Waals surface area contributed by atoms with Crippen molar-refractivity contribution in [2.45, 2.75) is 41.5 Å². The minimum atomic E-state index is 0.418. The maximum Gasteiger partial charge on any atom is 0.248 e. The Morgan fingerprint density at radius 2 is 0.667 bits per heavy atom. The first-order chi connectivity index (χ1) is 17.0. The molecule has 0 saturated carbocycles. The first-order valence-corrected chi connectivity index (χ1v) is 10.9. The zero-order chi connectivity index (χ0) is 26.1. The third-order valence-corrected chi connectivity index (χ3v) is 6.00. The largest absolute Gasteiger partial charge is 0.359 e. The number of aryl methyl sites for hydroxylation is 6. The van der Waals surface area contributed by atoms with E-state index in [1.54, 1.807) is 18.2 Å². The summed E-state index contributed by atoms with van der Waals surface area (Å²) in [6.07, 6.45) is 0. The van der Waals surface area contributed by atoms with Crippen molar-refractivity contribution in [3.8, 4) is 0 Å². The first-order valence-electron chi connectivity index (χ1n) is 10.9. The molecule has 3 aromatic heterocycles. The monoisotopic (exact) mass is 492 g/mol. The molecule has 186 valence electrons. The van der Waals surface area contributed by atoms with Gasteiger partial charge in [-0.2, -0.15) is 0 Å². The van der Waals surface area contributed by atoms with Gasteiger partial charge in [0.25, 0.3) is 0 Å². The summed E-state index contributed by atoms with van der Waals surface area (Å²) in [6.45, 7) is 11.8. The van der Waals surface area contributed by atoms with Crippen LogP contribution < -0.4 is 14.7 Å². The molecule has 3 aromatic carbocycles. The number of nitrogens with zero attached hydrogens (tertiary/aromatic N) is 6. The van der Waals surface area contributed by atoms with Gasteiger partial charge in [-0.15, -0.1) is 0 Å². The zero-order valence-electron chi connectivity index (χ0n) is 20.6. The summed E-state index contributed by atoms with van der Waals surface area (Å²) in [7, 11) is 0. The van der Waals surface area contributed by atoms with Crippen LogP contribution in [0.25, 0.3) is 33.1 Å². The minimum Gasteiger partial charge on any atom is -0.359 e. The number of fused-ring (bicyclic) bond motifs is 3. The van der Waals surface area contributed by atoms with E-state index >= 15 is 0 Å². The highest BCUT2D eigenvalue weighted by molar-refractivity contribution is 5.73. The van der Waals surface area contributed by atoms with Crippen LogP contribution in [-0.4, -0.2) is 15.5 Å². The average molecular weight is 492 g/mol. The zero-order valence-corrected chi connectivity index (χ0v) is 20.6. The van der Waals surface area contributed by atoms with Gasteiger partial charge < -0.3 is 15.6 Å². The van der Waals surface area contributed by atoms with Gasteiger partial charge in [0.05, 0.1) is 0 Å². The lowest BCUT2D eigenvalue weighted by atomic mass is 10.1. The van der Waals surface area contributed by atoms with Gasteiger partial charge in [-0.3, -0.25) is 13.9 Å². The first kappa shape index (κ1) is 24.4. The predicted molar refractivity (Wildman–Crippen MR) is 127 cm³/mol. The van der Waals surface area contributed by atoms with Gasteiger partial charge in [0, 0.05) is 15.5 Å². The number of benzene rings is 3. The molecule has 3 heterocycles. The number of hydrogen-bond donors (Lipinski definition) is 0. The van der Waals surface area contributed by atoms with E-state index in [-0.39, 0.29) is 0 Å². The highest BCUT2D eigenvalue weighted by atomic mass is 16.8.